The minimum atomic E-state index is 0.236. The van der Waals surface area contributed by atoms with E-state index in [1.54, 1.807) is 0 Å². The molecule has 0 saturated carbocycles. The lowest BCUT2D eigenvalue weighted by molar-refractivity contribution is -0.128. The summed E-state index contributed by atoms with van der Waals surface area (Å²) in [4.78, 5) is 10.0. The van der Waals surface area contributed by atoms with Gasteiger partial charge in [-0.1, -0.05) is 37.6 Å². The van der Waals surface area contributed by atoms with Gasteiger partial charge in [0, 0.05) is 13.0 Å². The van der Waals surface area contributed by atoms with E-state index in [4.69, 9.17) is 5.11 Å². The lowest BCUT2D eigenvalue weighted by Gasteiger charge is -2.15. The van der Waals surface area contributed by atoms with E-state index >= 15 is 0 Å². The van der Waals surface area contributed by atoms with Gasteiger partial charge in [-0.3, -0.25) is 4.79 Å². The predicted molar refractivity (Wildman–Crippen MR) is 71.5 cm³/mol. The highest BCUT2D eigenvalue weighted by molar-refractivity contribution is 5.37. The Hall–Kier alpha value is -1.35. The Morgan fingerprint density at radius 3 is 2.56 bits per heavy atom. The van der Waals surface area contributed by atoms with Gasteiger partial charge >= 0.3 is 0 Å². The molecule has 0 heterocycles. The zero-order chi connectivity index (χ0) is 13.2. The number of carbonyl (C=O) groups is 1. The van der Waals surface area contributed by atoms with Gasteiger partial charge in [-0.15, -0.1) is 0 Å². The highest BCUT2D eigenvalue weighted by Gasteiger charge is 2.09. The van der Waals surface area contributed by atoms with Gasteiger partial charge in [0.2, 0.25) is 0 Å². The van der Waals surface area contributed by atoms with Crippen molar-refractivity contribution in [1.82, 2.24) is 0 Å². The second-order valence-electron chi connectivity index (χ2n) is 4.46. The van der Waals surface area contributed by atoms with Crippen LogP contribution in [-0.4, -0.2) is 24.8 Å². The molecule has 100 valence electrons. The summed E-state index contributed by atoms with van der Waals surface area (Å²) in [7, 11) is 0. The summed E-state index contributed by atoms with van der Waals surface area (Å²) in [5.74, 6) is 0.445. The molecule has 1 unspecified atom stereocenters. The molecule has 3 nitrogen and oxygen atoms in total. The molecule has 0 spiro atoms. The standard InChI is InChI=1S/C15H22O3/c1-2-3-14(8-10-16)15-6-4-13(5-7-15)9-11-18-12-17/h4-7,12,14,16H,2-3,8-11H2,1H3. The third-order valence-corrected chi connectivity index (χ3v) is 3.14. The number of hydrogen-bond acceptors (Lipinski definition) is 3. The molecule has 1 aromatic carbocycles. The summed E-state index contributed by atoms with van der Waals surface area (Å²) in [6.07, 6.45) is 3.80. The summed E-state index contributed by atoms with van der Waals surface area (Å²) < 4.78 is 4.68. The van der Waals surface area contributed by atoms with Crippen LogP contribution in [0, 0.1) is 0 Å². The topological polar surface area (TPSA) is 46.5 Å². The smallest absolute Gasteiger partial charge is 0.293 e. The fourth-order valence-electron chi connectivity index (χ4n) is 2.16. The second kappa shape index (κ2) is 8.70. The molecule has 18 heavy (non-hydrogen) atoms. The molecule has 0 bridgehead atoms. The molecule has 1 N–H and O–H groups in total. The van der Waals surface area contributed by atoms with E-state index in [-0.39, 0.29) is 6.61 Å². The quantitative estimate of drug-likeness (QED) is 0.541. The van der Waals surface area contributed by atoms with E-state index in [0.29, 0.717) is 19.0 Å². The second-order valence-corrected chi connectivity index (χ2v) is 4.46. The SMILES string of the molecule is CCCC(CCO)c1ccc(CCOC=O)cc1. The number of aliphatic hydroxyl groups excluding tert-OH is 1. The Morgan fingerprint density at radius 2 is 2.00 bits per heavy atom. The van der Waals surface area contributed by atoms with Crippen molar-refractivity contribution >= 4 is 6.47 Å². The highest BCUT2D eigenvalue weighted by Crippen LogP contribution is 2.24. The van der Waals surface area contributed by atoms with Crippen LogP contribution in [0.3, 0.4) is 0 Å². The number of rotatable bonds is 9. The first-order valence-electron chi connectivity index (χ1n) is 6.56. The molecule has 3 heteroatoms. The van der Waals surface area contributed by atoms with Gasteiger partial charge in [-0.25, -0.2) is 0 Å². The summed E-state index contributed by atoms with van der Waals surface area (Å²) >= 11 is 0. The number of hydrogen-bond donors (Lipinski definition) is 1. The number of carbonyl (C=O) groups excluding carboxylic acids is 1. The van der Waals surface area contributed by atoms with Crippen molar-refractivity contribution < 1.29 is 14.6 Å². The van der Waals surface area contributed by atoms with Crippen LogP contribution in [0.5, 0.6) is 0 Å². The van der Waals surface area contributed by atoms with Crippen molar-refractivity contribution in [2.24, 2.45) is 0 Å². The normalized spacial score (nSPS) is 12.1. The number of aliphatic hydroxyl groups is 1. The molecule has 0 aliphatic rings. The lowest BCUT2D eigenvalue weighted by Crippen LogP contribution is -2.02. The molecular formula is C15H22O3. The summed E-state index contributed by atoms with van der Waals surface area (Å²) in [5, 5.41) is 9.07. The van der Waals surface area contributed by atoms with Gasteiger partial charge < -0.3 is 9.84 Å². The molecular weight excluding hydrogens is 228 g/mol. The Kier molecular flexibility index (Phi) is 7.11. The van der Waals surface area contributed by atoms with Crippen LogP contribution < -0.4 is 0 Å². The molecule has 0 fully saturated rings. The zero-order valence-electron chi connectivity index (χ0n) is 11.0. The molecule has 0 aromatic heterocycles. The number of ether oxygens (including phenoxy) is 1. The number of benzene rings is 1. The zero-order valence-corrected chi connectivity index (χ0v) is 11.0. The Balaban J connectivity index is 2.58. The molecule has 1 atom stereocenters. The van der Waals surface area contributed by atoms with Gasteiger partial charge in [-0.05, 0) is 29.9 Å². The first kappa shape index (κ1) is 14.7. The Labute approximate surface area is 109 Å². The van der Waals surface area contributed by atoms with Gasteiger partial charge in [0.05, 0.1) is 6.61 Å². The molecule has 0 saturated heterocycles. The van der Waals surface area contributed by atoms with Crippen molar-refractivity contribution in [3.8, 4) is 0 Å². The van der Waals surface area contributed by atoms with E-state index in [9.17, 15) is 4.79 Å². The summed E-state index contributed by atoms with van der Waals surface area (Å²) in [6.45, 7) is 3.31. The largest absolute Gasteiger partial charge is 0.468 e. The third-order valence-electron chi connectivity index (χ3n) is 3.14. The maximum Gasteiger partial charge on any atom is 0.293 e. The van der Waals surface area contributed by atoms with Crippen LogP contribution in [0.25, 0.3) is 0 Å². The molecule has 0 aliphatic heterocycles. The minimum absolute atomic E-state index is 0.236. The van der Waals surface area contributed by atoms with Gasteiger partial charge in [-0.2, -0.15) is 0 Å². The van der Waals surface area contributed by atoms with Crippen molar-refractivity contribution in [1.29, 1.82) is 0 Å². The van der Waals surface area contributed by atoms with E-state index in [0.717, 1.165) is 25.7 Å². The van der Waals surface area contributed by atoms with Crippen LogP contribution in [0.2, 0.25) is 0 Å². The van der Waals surface area contributed by atoms with Crippen molar-refractivity contribution in [3.63, 3.8) is 0 Å². The van der Waals surface area contributed by atoms with Crippen LogP contribution in [0.4, 0.5) is 0 Å². The molecule has 1 rings (SSSR count). The van der Waals surface area contributed by atoms with Crippen LogP contribution in [-0.2, 0) is 16.0 Å². The average molecular weight is 250 g/mol. The van der Waals surface area contributed by atoms with Gasteiger partial charge in [0.1, 0.15) is 0 Å². The maximum atomic E-state index is 10.0. The Bertz CT molecular complexity index is 326. The van der Waals surface area contributed by atoms with Crippen LogP contribution in [0.1, 0.15) is 43.2 Å². The fourth-order valence-corrected chi connectivity index (χ4v) is 2.16. The Morgan fingerprint density at radius 1 is 1.28 bits per heavy atom. The van der Waals surface area contributed by atoms with E-state index in [1.807, 2.05) is 0 Å². The summed E-state index contributed by atoms with van der Waals surface area (Å²) in [5.41, 5.74) is 2.45. The third kappa shape index (κ3) is 4.88. The monoisotopic (exact) mass is 250 g/mol. The van der Waals surface area contributed by atoms with Crippen LogP contribution in [0.15, 0.2) is 24.3 Å². The van der Waals surface area contributed by atoms with Gasteiger partial charge in [0.15, 0.2) is 0 Å². The molecule has 0 radical (unpaired) electrons. The average Bonchev–Trinajstić information content (AvgIpc) is 2.40. The van der Waals surface area contributed by atoms with E-state index < -0.39 is 0 Å². The van der Waals surface area contributed by atoms with Crippen molar-refractivity contribution in [2.75, 3.05) is 13.2 Å². The fraction of sp³-hybridized carbons (Fsp3) is 0.533. The minimum Gasteiger partial charge on any atom is -0.468 e. The first-order valence-corrected chi connectivity index (χ1v) is 6.56. The highest BCUT2D eigenvalue weighted by atomic mass is 16.5. The summed E-state index contributed by atoms with van der Waals surface area (Å²) in [6, 6.07) is 8.38. The molecule has 0 aliphatic carbocycles. The van der Waals surface area contributed by atoms with E-state index in [2.05, 4.69) is 35.9 Å². The molecule has 1 aromatic rings. The van der Waals surface area contributed by atoms with Crippen LogP contribution >= 0.6 is 0 Å². The predicted octanol–water partition coefficient (Wildman–Crippen LogP) is 2.67. The van der Waals surface area contributed by atoms with E-state index in [1.165, 1.54) is 11.1 Å². The lowest BCUT2D eigenvalue weighted by atomic mass is 9.91. The van der Waals surface area contributed by atoms with Gasteiger partial charge in [0.25, 0.3) is 6.47 Å². The van der Waals surface area contributed by atoms with Crippen molar-refractivity contribution in [3.05, 3.63) is 35.4 Å². The first-order chi connectivity index (χ1) is 8.81. The van der Waals surface area contributed by atoms with Crippen molar-refractivity contribution in [2.45, 2.75) is 38.5 Å². The molecule has 0 amide bonds. The maximum absolute atomic E-state index is 10.0.